The summed E-state index contributed by atoms with van der Waals surface area (Å²) >= 11 is 1.61. The van der Waals surface area contributed by atoms with Gasteiger partial charge in [-0.15, -0.1) is 11.8 Å². The van der Waals surface area contributed by atoms with Crippen molar-refractivity contribution >= 4 is 23.6 Å². The highest BCUT2D eigenvalue weighted by molar-refractivity contribution is 7.98. The largest absolute Gasteiger partial charge is 0.480 e. The van der Waals surface area contributed by atoms with Crippen LogP contribution in [0.4, 0.5) is 0 Å². The number of rotatable bonds is 5. The summed E-state index contributed by atoms with van der Waals surface area (Å²) in [6.07, 6.45) is 8.37. The summed E-state index contributed by atoms with van der Waals surface area (Å²) in [7, 11) is 0. The lowest BCUT2D eigenvalue weighted by atomic mass is 9.84. The first-order valence-electron chi connectivity index (χ1n) is 8.31. The van der Waals surface area contributed by atoms with Gasteiger partial charge in [0.2, 0.25) is 0 Å². The van der Waals surface area contributed by atoms with Crippen LogP contribution in [0.15, 0.2) is 23.1 Å². The zero-order valence-corrected chi connectivity index (χ0v) is 14.3. The number of carbonyl (C=O) groups excluding carboxylic acids is 1. The van der Waals surface area contributed by atoms with Gasteiger partial charge in [0.25, 0.3) is 5.91 Å². The fraction of sp³-hybridized carbons (Fsp3) is 0.556. The SMILES string of the molecule is CSc1cccc2c1CN(C(CC1CCCCC1)C(=O)O)C2=O. The van der Waals surface area contributed by atoms with Crippen molar-refractivity contribution in [1.29, 1.82) is 0 Å². The Hall–Kier alpha value is -1.49. The molecule has 1 aromatic carbocycles. The van der Waals surface area contributed by atoms with Gasteiger partial charge in [-0.2, -0.15) is 0 Å². The molecule has 5 heteroatoms. The molecule has 1 atom stereocenters. The summed E-state index contributed by atoms with van der Waals surface area (Å²) in [6, 6.07) is 4.99. The average Bonchev–Trinajstić information content (AvgIpc) is 2.90. The van der Waals surface area contributed by atoms with E-state index in [2.05, 4.69) is 0 Å². The third-order valence-electron chi connectivity index (χ3n) is 5.12. The molecule has 4 nitrogen and oxygen atoms in total. The van der Waals surface area contributed by atoms with Crippen LogP contribution in [0.5, 0.6) is 0 Å². The van der Waals surface area contributed by atoms with E-state index in [0.29, 0.717) is 24.4 Å². The quantitative estimate of drug-likeness (QED) is 0.833. The zero-order valence-electron chi connectivity index (χ0n) is 13.5. The predicted molar refractivity (Wildman–Crippen MR) is 90.7 cm³/mol. The number of thioether (sulfide) groups is 1. The molecule has 1 unspecified atom stereocenters. The molecule has 0 radical (unpaired) electrons. The Morgan fingerprint density at radius 3 is 2.74 bits per heavy atom. The monoisotopic (exact) mass is 333 g/mol. The van der Waals surface area contributed by atoms with Gasteiger partial charge in [-0.25, -0.2) is 4.79 Å². The Bertz CT molecular complexity index is 610. The van der Waals surface area contributed by atoms with E-state index in [4.69, 9.17) is 0 Å². The van der Waals surface area contributed by atoms with Gasteiger partial charge in [-0.1, -0.05) is 38.2 Å². The van der Waals surface area contributed by atoms with E-state index < -0.39 is 12.0 Å². The molecule has 1 N–H and O–H groups in total. The second kappa shape index (κ2) is 6.95. The Kier molecular flexibility index (Phi) is 4.95. The maximum atomic E-state index is 12.7. The van der Waals surface area contributed by atoms with Gasteiger partial charge < -0.3 is 10.0 Å². The van der Waals surface area contributed by atoms with E-state index in [9.17, 15) is 14.7 Å². The van der Waals surface area contributed by atoms with Crippen LogP contribution >= 0.6 is 11.8 Å². The van der Waals surface area contributed by atoms with Gasteiger partial charge in [0.15, 0.2) is 0 Å². The minimum absolute atomic E-state index is 0.126. The van der Waals surface area contributed by atoms with Crippen LogP contribution in [-0.4, -0.2) is 34.2 Å². The second-order valence-electron chi connectivity index (χ2n) is 6.51. The van der Waals surface area contributed by atoms with Crippen molar-refractivity contribution in [2.75, 3.05) is 6.26 Å². The first-order chi connectivity index (χ1) is 11.1. The lowest BCUT2D eigenvalue weighted by Crippen LogP contribution is -2.42. The van der Waals surface area contributed by atoms with Crippen LogP contribution in [0, 0.1) is 5.92 Å². The van der Waals surface area contributed by atoms with E-state index in [-0.39, 0.29) is 5.91 Å². The number of hydrogen-bond donors (Lipinski definition) is 1. The van der Waals surface area contributed by atoms with E-state index in [1.54, 1.807) is 16.7 Å². The number of carboxylic acid groups (broad SMARTS) is 1. The minimum atomic E-state index is -0.873. The highest BCUT2D eigenvalue weighted by Crippen LogP contribution is 2.35. The summed E-state index contributed by atoms with van der Waals surface area (Å²) in [5.41, 5.74) is 1.66. The predicted octanol–water partition coefficient (Wildman–Crippen LogP) is 3.79. The zero-order chi connectivity index (χ0) is 16.4. The van der Waals surface area contributed by atoms with Crippen LogP contribution < -0.4 is 0 Å². The van der Waals surface area contributed by atoms with Crippen LogP contribution in [0.25, 0.3) is 0 Å². The highest BCUT2D eigenvalue weighted by atomic mass is 32.2. The van der Waals surface area contributed by atoms with Crippen molar-refractivity contribution in [3.05, 3.63) is 29.3 Å². The number of hydrogen-bond acceptors (Lipinski definition) is 3. The van der Waals surface area contributed by atoms with Crippen molar-refractivity contribution in [3.8, 4) is 0 Å². The topological polar surface area (TPSA) is 57.6 Å². The minimum Gasteiger partial charge on any atom is -0.480 e. The number of aliphatic carboxylic acids is 1. The molecule has 1 heterocycles. The van der Waals surface area contributed by atoms with Gasteiger partial charge in [-0.05, 0) is 36.3 Å². The number of carboxylic acids is 1. The van der Waals surface area contributed by atoms with E-state index >= 15 is 0 Å². The van der Waals surface area contributed by atoms with E-state index in [0.717, 1.165) is 23.3 Å². The number of fused-ring (bicyclic) bond motifs is 1. The van der Waals surface area contributed by atoms with Gasteiger partial charge in [-0.3, -0.25) is 4.79 Å². The lowest BCUT2D eigenvalue weighted by Gasteiger charge is -2.29. The summed E-state index contributed by atoms with van der Waals surface area (Å²) in [5, 5.41) is 9.69. The maximum absolute atomic E-state index is 12.7. The number of benzene rings is 1. The molecule has 0 aromatic heterocycles. The Morgan fingerprint density at radius 2 is 2.09 bits per heavy atom. The van der Waals surface area contributed by atoms with Gasteiger partial charge in [0, 0.05) is 17.0 Å². The molecule has 1 amide bonds. The second-order valence-corrected chi connectivity index (χ2v) is 7.36. The first-order valence-corrected chi connectivity index (χ1v) is 9.54. The van der Waals surface area contributed by atoms with E-state index in [1.807, 2.05) is 24.5 Å². The van der Waals surface area contributed by atoms with Gasteiger partial charge >= 0.3 is 5.97 Å². The van der Waals surface area contributed by atoms with Crippen molar-refractivity contribution < 1.29 is 14.7 Å². The highest BCUT2D eigenvalue weighted by Gasteiger charge is 2.38. The standard InChI is InChI=1S/C18H23NO3S/c1-23-16-9-5-8-13-14(16)11-19(17(13)20)15(18(21)22)10-12-6-3-2-4-7-12/h5,8-9,12,15H,2-4,6-7,10-11H2,1H3,(H,21,22). The average molecular weight is 333 g/mol. The number of nitrogens with zero attached hydrogens (tertiary/aromatic N) is 1. The lowest BCUT2D eigenvalue weighted by molar-refractivity contribution is -0.143. The fourth-order valence-corrected chi connectivity index (χ4v) is 4.50. The molecule has 2 aliphatic rings. The van der Waals surface area contributed by atoms with Crippen LogP contribution in [-0.2, 0) is 11.3 Å². The number of carbonyl (C=O) groups is 2. The molecule has 1 aliphatic carbocycles. The van der Waals surface area contributed by atoms with Crippen molar-refractivity contribution in [2.24, 2.45) is 5.92 Å². The summed E-state index contributed by atoms with van der Waals surface area (Å²) in [6.45, 7) is 0.425. The molecular weight excluding hydrogens is 310 g/mol. The van der Waals surface area contributed by atoms with Crippen molar-refractivity contribution in [1.82, 2.24) is 4.90 Å². The summed E-state index contributed by atoms with van der Waals surface area (Å²) in [4.78, 5) is 27.2. The molecule has 23 heavy (non-hydrogen) atoms. The van der Waals surface area contributed by atoms with Crippen LogP contribution in [0.3, 0.4) is 0 Å². The fourth-order valence-electron chi connectivity index (χ4n) is 3.87. The third kappa shape index (κ3) is 3.25. The molecule has 1 saturated carbocycles. The molecular formula is C18H23NO3S. The molecule has 1 aromatic rings. The van der Waals surface area contributed by atoms with Crippen LogP contribution in [0.2, 0.25) is 0 Å². The molecule has 124 valence electrons. The molecule has 0 spiro atoms. The normalized spacial score (nSPS) is 19.7. The smallest absolute Gasteiger partial charge is 0.326 e. The van der Waals surface area contributed by atoms with Crippen molar-refractivity contribution in [2.45, 2.75) is 56.0 Å². The third-order valence-corrected chi connectivity index (χ3v) is 5.94. The Labute approximate surface area is 141 Å². The maximum Gasteiger partial charge on any atom is 0.326 e. The first kappa shape index (κ1) is 16.4. The summed E-state index contributed by atoms with van der Waals surface area (Å²) < 4.78 is 0. The van der Waals surface area contributed by atoms with Gasteiger partial charge in [0.1, 0.15) is 6.04 Å². The molecule has 1 aliphatic heterocycles. The number of amides is 1. The summed E-state index contributed by atoms with van der Waals surface area (Å²) in [5.74, 6) is -0.567. The molecule has 3 rings (SSSR count). The van der Waals surface area contributed by atoms with Crippen molar-refractivity contribution in [3.63, 3.8) is 0 Å². The molecule has 1 fully saturated rings. The van der Waals surface area contributed by atoms with Crippen LogP contribution in [0.1, 0.15) is 54.4 Å². The van der Waals surface area contributed by atoms with E-state index in [1.165, 1.54) is 19.3 Å². The molecule has 0 saturated heterocycles. The van der Waals surface area contributed by atoms with Gasteiger partial charge in [0.05, 0.1) is 0 Å². The molecule has 0 bridgehead atoms. The Balaban J connectivity index is 1.81. The Morgan fingerprint density at radius 1 is 1.35 bits per heavy atom.